The van der Waals surface area contributed by atoms with Gasteiger partial charge in [-0.1, -0.05) is 11.6 Å². The van der Waals surface area contributed by atoms with Crippen molar-refractivity contribution in [2.24, 2.45) is 13.0 Å². The predicted molar refractivity (Wildman–Crippen MR) is 101 cm³/mol. The van der Waals surface area contributed by atoms with Crippen LogP contribution in [-0.2, 0) is 17.1 Å². The normalized spacial score (nSPS) is 18.4. The third kappa shape index (κ3) is 4.15. The average Bonchev–Trinajstić information content (AvgIpc) is 2.93. The molecule has 1 unspecified atom stereocenters. The van der Waals surface area contributed by atoms with E-state index in [-0.39, 0.29) is 21.9 Å². The van der Waals surface area contributed by atoms with Crippen molar-refractivity contribution in [3.8, 4) is 0 Å². The molecule has 10 heteroatoms. The summed E-state index contributed by atoms with van der Waals surface area (Å²) in [5.74, 6) is -0.181. The minimum absolute atomic E-state index is 0.0323. The van der Waals surface area contributed by atoms with Gasteiger partial charge in [0.05, 0.1) is 11.3 Å². The number of carbonyl (C=O) groups is 1. The van der Waals surface area contributed by atoms with E-state index in [2.05, 4.69) is 15.4 Å². The number of rotatable bonds is 5. The molecule has 8 nitrogen and oxygen atoms in total. The summed E-state index contributed by atoms with van der Waals surface area (Å²) in [6.07, 6.45) is 4.68. The van der Waals surface area contributed by atoms with E-state index in [9.17, 15) is 13.2 Å². The molecule has 27 heavy (non-hydrogen) atoms. The number of hydrogen-bond acceptors (Lipinski definition) is 5. The number of aryl methyl sites for hydroxylation is 2. The Morgan fingerprint density at radius 1 is 1.44 bits per heavy atom. The number of aromatic nitrogens is 3. The zero-order valence-electron chi connectivity index (χ0n) is 15.2. The van der Waals surface area contributed by atoms with Gasteiger partial charge in [-0.15, -0.1) is 0 Å². The summed E-state index contributed by atoms with van der Waals surface area (Å²) < 4.78 is 28.9. The standard InChI is InChI=1S/C17H22ClN5O3S/c1-12-15(16(18)22(2)21-12)27(25,26)23-8-4-5-13(11-23)9-20-17(24)14-6-3-7-19-10-14/h3,6-7,10,13H,4-5,8-9,11H2,1-2H3,(H,20,24). The van der Waals surface area contributed by atoms with Crippen molar-refractivity contribution in [2.75, 3.05) is 19.6 Å². The van der Waals surface area contributed by atoms with Gasteiger partial charge in [-0.2, -0.15) is 9.40 Å². The van der Waals surface area contributed by atoms with E-state index < -0.39 is 10.0 Å². The molecule has 1 N–H and O–H groups in total. The van der Waals surface area contributed by atoms with Crippen molar-refractivity contribution < 1.29 is 13.2 Å². The highest BCUT2D eigenvalue weighted by Gasteiger charge is 2.34. The summed E-state index contributed by atoms with van der Waals surface area (Å²) in [6, 6.07) is 3.39. The number of hydrogen-bond donors (Lipinski definition) is 1. The molecule has 0 radical (unpaired) electrons. The molecular weight excluding hydrogens is 390 g/mol. The van der Waals surface area contributed by atoms with E-state index in [1.165, 1.54) is 15.2 Å². The largest absolute Gasteiger partial charge is 0.352 e. The van der Waals surface area contributed by atoms with E-state index >= 15 is 0 Å². The van der Waals surface area contributed by atoms with Gasteiger partial charge in [0.15, 0.2) is 0 Å². The molecule has 146 valence electrons. The lowest BCUT2D eigenvalue weighted by atomic mass is 9.99. The fourth-order valence-electron chi connectivity index (χ4n) is 3.28. The van der Waals surface area contributed by atoms with Crippen LogP contribution in [0.2, 0.25) is 5.15 Å². The molecule has 0 aliphatic carbocycles. The van der Waals surface area contributed by atoms with Crippen molar-refractivity contribution in [1.82, 2.24) is 24.4 Å². The summed E-state index contributed by atoms with van der Waals surface area (Å²) in [6.45, 7) is 2.80. The van der Waals surface area contributed by atoms with Gasteiger partial charge >= 0.3 is 0 Å². The van der Waals surface area contributed by atoms with Gasteiger partial charge in [0.1, 0.15) is 10.0 Å². The molecule has 2 aromatic rings. The number of halogens is 1. The second-order valence-electron chi connectivity index (χ2n) is 6.65. The predicted octanol–water partition coefficient (Wildman–Crippen LogP) is 1.61. The van der Waals surface area contributed by atoms with Crippen molar-refractivity contribution in [3.05, 3.63) is 40.9 Å². The Kier molecular flexibility index (Phi) is 5.83. The van der Waals surface area contributed by atoms with Gasteiger partial charge in [-0.05, 0) is 37.8 Å². The van der Waals surface area contributed by atoms with E-state index in [0.29, 0.717) is 30.9 Å². The molecular formula is C17H22ClN5O3S. The van der Waals surface area contributed by atoms with Gasteiger partial charge in [-0.3, -0.25) is 14.5 Å². The van der Waals surface area contributed by atoms with Crippen molar-refractivity contribution in [1.29, 1.82) is 0 Å². The number of nitrogens with zero attached hydrogens (tertiary/aromatic N) is 4. The third-order valence-corrected chi connectivity index (χ3v) is 7.22. The number of carbonyl (C=O) groups excluding carboxylic acids is 1. The first-order valence-corrected chi connectivity index (χ1v) is 10.5. The fourth-order valence-corrected chi connectivity index (χ4v) is 5.54. The number of nitrogens with one attached hydrogen (secondary N) is 1. The lowest BCUT2D eigenvalue weighted by Gasteiger charge is -2.32. The lowest BCUT2D eigenvalue weighted by Crippen LogP contribution is -2.43. The van der Waals surface area contributed by atoms with Crippen LogP contribution >= 0.6 is 11.6 Å². The van der Waals surface area contributed by atoms with E-state index in [4.69, 9.17) is 11.6 Å². The number of piperidine rings is 1. The number of amides is 1. The second-order valence-corrected chi connectivity index (χ2v) is 8.88. The van der Waals surface area contributed by atoms with Gasteiger partial charge in [-0.25, -0.2) is 8.42 Å². The van der Waals surface area contributed by atoms with Crippen LogP contribution in [0.3, 0.4) is 0 Å². The van der Waals surface area contributed by atoms with Crippen LogP contribution < -0.4 is 5.32 Å². The first-order chi connectivity index (χ1) is 12.8. The molecule has 1 fully saturated rings. The number of sulfonamides is 1. The Morgan fingerprint density at radius 2 is 2.22 bits per heavy atom. The van der Waals surface area contributed by atoms with E-state index in [0.717, 1.165) is 12.8 Å². The van der Waals surface area contributed by atoms with Gasteiger partial charge in [0.2, 0.25) is 10.0 Å². The summed E-state index contributed by atoms with van der Waals surface area (Å²) in [4.78, 5) is 16.2. The highest BCUT2D eigenvalue weighted by molar-refractivity contribution is 7.89. The van der Waals surface area contributed by atoms with E-state index in [1.54, 1.807) is 32.3 Å². The smallest absolute Gasteiger partial charge is 0.252 e. The summed E-state index contributed by atoms with van der Waals surface area (Å²) in [5, 5.41) is 7.07. The first-order valence-electron chi connectivity index (χ1n) is 8.68. The average molecular weight is 412 g/mol. The molecule has 1 saturated heterocycles. The van der Waals surface area contributed by atoms with Crippen LogP contribution in [0.25, 0.3) is 0 Å². The Hall–Kier alpha value is -1.97. The lowest BCUT2D eigenvalue weighted by molar-refractivity contribution is 0.0941. The monoisotopic (exact) mass is 411 g/mol. The van der Waals surface area contributed by atoms with Crippen LogP contribution in [0, 0.1) is 12.8 Å². The van der Waals surface area contributed by atoms with Crippen LogP contribution in [-0.4, -0.2) is 53.0 Å². The van der Waals surface area contributed by atoms with Crippen LogP contribution in [0.5, 0.6) is 0 Å². The second kappa shape index (κ2) is 7.95. The fraction of sp³-hybridized carbons (Fsp3) is 0.471. The quantitative estimate of drug-likeness (QED) is 0.806. The SMILES string of the molecule is Cc1nn(C)c(Cl)c1S(=O)(=O)N1CCCC(CNC(=O)c2cccnc2)C1. The Morgan fingerprint density at radius 3 is 2.85 bits per heavy atom. The molecule has 0 aromatic carbocycles. The minimum Gasteiger partial charge on any atom is -0.352 e. The van der Waals surface area contributed by atoms with Crippen LogP contribution in [0.15, 0.2) is 29.4 Å². The van der Waals surface area contributed by atoms with Crippen LogP contribution in [0.1, 0.15) is 28.9 Å². The molecule has 0 spiro atoms. The highest BCUT2D eigenvalue weighted by Crippen LogP contribution is 2.30. The van der Waals surface area contributed by atoms with Gasteiger partial charge < -0.3 is 5.32 Å². The summed E-state index contributed by atoms with van der Waals surface area (Å²) in [5.41, 5.74) is 0.866. The molecule has 3 heterocycles. The maximum atomic E-state index is 13.0. The zero-order chi connectivity index (χ0) is 19.6. The zero-order valence-corrected chi connectivity index (χ0v) is 16.8. The summed E-state index contributed by atoms with van der Waals surface area (Å²) >= 11 is 6.16. The maximum absolute atomic E-state index is 13.0. The Bertz CT molecular complexity index is 930. The van der Waals surface area contributed by atoms with Crippen molar-refractivity contribution in [3.63, 3.8) is 0 Å². The van der Waals surface area contributed by atoms with Gasteiger partial charge in [0.25, 0.3) is 5.91 Å². The van der Waals surface area contributed by atoms with Crippen LogP contribution in [0.4, 0.5) is 0 Å². The van der Waals surface area contributed by atoms with Gasteiger partial charge in [0, 0.05) is 39.1 Å². The molecule has 3 rings (SSSR count). The molecule has 0 saturated carbocycles. The number of pyridine rings is 1. The molecule has 2 aromatic heterocycles. The van der Waals surface area contributed by atoms with Crippen molar-refractivity contribution in [2.45, 2.75) is 24.7 Å². The molecule has 1 aliphatic heterocycles. The van der Waals surface area contributed by atoms with Crippen molar-refractivity contribution >= 4 is 27.5 Å². The highest BCUT2D eigenvalue weighted by atomic mass is 35.5. The topological polar surface area (TPSA) is 97.2 Å². The first kappa shape index (κ1) is 19.8. The summed E-state index contributed by atoms with van der Waals surface area (Å²) in [7, 11) is -2.12. The molecule has 1 amide bonds. The molecule has 0 bridgehead atoms. The Balaban J connectivity index is 1.68. The maximum Gasteiger partial charge on any atom is 0.252 e. The Labute approximate surface area is 163 Å². The minimum atomic E-state index is -3.73. The molecule has 1 atom stereocenters. The van der Waals surface area contributed by atoms with E-state index in [1.807, 2.05) is 0 Å². The third-order valence-electron chi connectivity index (χ3n) is 4.65. The molecule has 1 aliphatic rings.